The highest BCUT2D eigenvalue weighted by atomic mass is 32.1. The number of aliphatic imine (C=N–C) groups is 1. The fourth-order valence-corrected chi connectivity index (χ4v) is 3.27. The molecule has 1 aliphatic rings. The first-order valence-electron chi connectivity index (χ1n) is 8.46. The Labute approximate surface area is 142 Å². The third-order valence-corrected chi connectivity index (χ3v) is 4.88. The summed E-state index contributed by atoms with van der Waals surface area (Å²) in [5.74, 6) is 0.980. The molecule has 1 aromatic rings. The molecule has 1 aliphatic heterocycles. The second-order valence-electron chi connectivity index (χ2n) is 5.53. The van der Waals surface area contributed by atoms with Gasteiger partial charge in [-0.1, -0.05) is 6.92 Å². The molecule has 23 heavy (non-hydrogen) atoms. The Bertz CT molecular complexity index is 522. The number of rotatable bonds is 7. The Balaban J connectivity index is 1.77. The Hall–Kier alpha value is -1.63. The summed E-state index contributed by atoms with van der Waals surface area (Å²) in [6.07, 6.45) is 5.72. The van der Waals surface area contributed by atoms with E-state index in [4.69, 9.17) is 0 Å². The molecule has 7 heteroatoms. The number of carbonyl (C=O) groups excluding carboxylic acids is 1. The number of thiazole rings is 1. The predicted octanol–water partition coefficient (Wildman–Crippen LogP) is 1.77. The molecule has 0 atom stereocenters. The molecule has 0 aromatic carbocycles. The highest BCUT2D eigenvalue weighted by molar-refractivity contribution is 7.11. The van der Waals surface area contributed by atoms with Crippen LogP contribution in [0.3, 0.4) is 0 Å². The third-order valence-electron chi connectivity index (χ3n) is 3.76. The summed E-state index contributed by atoms with van der Waals surface area (Å²) >= 11 is 1.70. The van der Waals surface area contributed by atoms with Crippen molar-refractivity contribution in [1.82, 2.24) is 20.5 Å². The van der Waals surface area contributed by atoms with Crippen LogP contribution in [0.25, 0.3) is 0 Å². The van der Waals surface area contributed by atoms with Gasteiger partial charge in [0.25, 0.3) is 0 Å². The molecule has 1 fully saturated rings. The first kappa shape index (κ1) is 17.7. The molecular formula is C16H27N5OS. The van der Waals surface area contributed by atoms with Crippen LogP contribution in [-0.2, 0) is 17.8 Å². The summed E-state index contributed by atoms with van der Waals surface area (Å²) in [5.41, 5.74) is 0. The normalized spacial score (nSPS) is 15.0. The van der Waals surface area contributed by atoms with Crippen LogP contribution in [0.1, 0.15) is 43.0 Å². The predicted molar refractivity (Wildman–Crippen MR) is 94.7 cm³/mol. The first-order chi connectivity index (χ1) is 11.2. The van der Waals surface area contributed by atoms with E-state index in [2.05, 4.69) is 27.5 Å². The van der Waals surface area contributed by atoms with Gasteiger partial charge in [0.15, 0.2) is 5.96 Å². The van der Waals surface area contributed by atoms with Crippen molar-refractivity contribution in [1.29, 1.82) is 0 Å². The van der Waals surface area contributed by atoms with Gasteiger partial charge in [0.05, 0.1) is 6.54 Å². The highest BCUT2D eigenvalue weighted by Gasteiger charge is 2.17. The van der Waals surface area contributed by atoms with Crippen molar-refractivity contribution >= 4 is 23.2 Å². The molecule has 2 N–H and O–H groups in total. The van der Waals surface area contributed by atoms with Crippen LogP contribution in [0.4, 0.5) is 0 Å². The van der Waals surface area contributed by atoms with Crippen LogP contribution >= 0.6 is 11.3 Å². The molecule has 0 radical (unpaired) electrons. The Morgan fingerprint density at radius 3 is 2.78 bits per heavy atom. The quantitative estimate of drug-likeness (QED) is 0.588. The Kier molecular flexibility index (Phi) is 7.32. The molecular weight excluding hydrogens is 310 g/mol. The van der Waals surface area contributed by atoms with Gasteiger partial charge in [0, 0.05) is 43.7 Å². The molecule has 2 rings (SSSR count). The van der Waals surface area contributed by atoms with Crippen molar-refractivity contribution in [2.45, 2.75) is 46.1 Å². The second-order valence-corrected chi connectivity index (χ2v) is 6.73. The number of aromatic nitrogens is 1. The van der Waals surface area contributed by atoms with Crippen LogP contribution in [0.5, 0.6) is 0 Å². The number of nitrogens with one attached hydrogen (secondary N) is 2. The number of guanidine groups is 1. The van der Waals surface area contributed by atoms with Gasteiger partial charge in [0.2, 0.25) is 5.91 Å². The summed E-state index contributed by atoms with van der Waals surface area (Å²) in [4.78, 5) is 24.2. The number of carbonyl (C=O) groups is 1. The summed E-state index contributed by atoms with van der Waals surface area (Å²) < 4.78 is 0. The van der Waals surface area contributed by atoms with Gasteiger partial charge in [-0.05, 0) is 26.2 Å². The zero-order chi connectivity index (χ0) is 16.5. The van der Waals surface area contributed by atoms with E-state index in [-0.39, 0.29) is 5.91 Å². The van der Waals surface area contributed by atoms with Gasteiger partial charge in [-0.25, -0.2) is 9.98 Å². The minimum Gasteiger partial charge on any atom is -0.357 e. The number of amides is 1. The highest BCUT2D eigenvalue weighted by Crippen LogP contribution is 2.14. The Morgan fingerprint density at radius 2 is 2.13 bits per heavy atom. The van der Waals surface area contributed by atoms with E-state index in [9.17, 15) is 4.79 Å². The average Bonchev–Trinajstić information content (AvgIpc) is 3.23. The molecule has 0 saturated carbocycles. The van der Waals surface area contributed by atoms with E-state index >= 15 is 0 Å². The largest absolute Gasteiger partial charge is 0.357 e. The molecule has 0 bridgehead atoms. The lowest BCUT2D eigenvalue weighted by Gasteiger charge is -2.16. The zero-order valence-electron chi connectivity index (χ0n) is 14.1. The number of hydrogen-bond donors (Lipinski definition) is 2. The lowest BCUT2D eigenvalue weighted by Crippen LogP contribution is -2.39. The van der Waals surface area contributed by atoms with Crippen LogP contribution < -0.4 is 10.6 Å². The van der Waals surface area contributed by atoms with Crippen LogP contribution in [-0.4, -0.2) is 47.9 Å². The van der Waals surface area contributed by atoms with Gasteiger partial charge in [0.1, 0.15) is 5.01 Å². The fourth-order valence-electron chi connectivity index (χ4n) is 2.49. The third kappa shape index (κ3) is 5.82. The van der Waals surface area contributed by atoms with Crippen molar-refractivity contribution in [3.8, 4) is 0 Å². The van der Waals surface area contributed by atoms with E-state index in [1.54, 1.807) is 11.3 Å². The van der Waals surface area contributed by atoms with Gasteiger partial charge in [-0.15, -0.1) is 11.3 Å². The minimum atomic E-state index is 0.235. The van der Waals surface area contributed by atoms with Crippen LogP contribution in [0, 0.1) is 0 Å². The first-order valence-corrected chi connectivity index (χ1v) is 9.28. The molecule has 0 aliphatic carbocycles. The summed E-state index contributed by atoms with van der Waals surface area (Å²) in [6, 6.07) is 0. The van der Waals surface area contributed by atoms with Gasteiger partial charge in [-0.3, -0.25) is 4.79 Å². The van der Waals surface area contributed by atoms with Crippen LogP contribution in [0.2, 0.25) is 0 Å². The van der Waals surface area contributed by atoms with E-state index in [1.165, 1.54) is 4.88 Å². The molecule has 128 valence electrons. The van der Waals surface area contributed by atoms with Crippen molar-refractivity contribution < 1.29 is 4.79 Å². The van der Waals surface area contributed by atoms with Crippen molar-refractivity contribution in [2.24, 2.45) is 4.99 Å². The maximum atomic E-state index is 12.0. The topological polar surface area (TPSA) is 69.6 Å². The van der Waals surface area contributed by atoms with Gasteiger partial charge < -0.3 is 15.5 Å². The molecule has 1 amide bonds. The molecule has 0 unspecified atom stereocenters. The van der Waals surface area contributed by atoms with Crippen molar-refractivity contribution in [2.75, 3.05) is 26.2 Å². The van der Waals surface area contributed by atoms with E-state index in [1.807, 2.05) is 18.0 Å². The van der Waals surface area contributed by atoms with Crippen LogP contribution in [0.15, 0.2) is 11.2 Å². The molecule has 0 spiro atoms. The summed E-state index contributed by atoms with van der Waals surface area (Å²) in [6.45, 7) is 7.96. The van der Waals surface area contributed by atoms with Crippen molar-refractivity contribution in [3.05, 3.63) is 16.1 Å². The lowest BCUT2D eigenvalue weighted by atomic mass is 10.3. The number of likely N-dealkylation sites (tertiary alicyclic amines) is 1. The molecule has 2 heterocycles. The average molecular weight is 337 g/mol. The van der Waals surface area contributed by atoms with E-state index in [0.717, 1.165) is 49.9 Å². The zero-order valence-corrected chi connectivity index (χ0v) is 14.9. The maximum absolute atomic E-state index is 12.0. The maximum Gasteiger partial charge on any atom is 0.224 e. The number of hydrogen-bond acceptors (Lipinski definition) is 4. The second kappa shape index (κ2) is 9.50. The fraction of sp³-hybridized carbons (Fsp3) is 0.688. The van der Waals surface area contributed by atoms with Crippen molar-refractivity contribution in [3.63, 3.8) is 0 Å². The smallest absolute Gasteiger partial charge is 0.224 e. The summed E-state index contributed by atoms with van der Waals surface area (Å²) in [5, 5.41) is 7.46. The Morgan fingerprint density at radius 1 is 1.35 bits per heavy atom. The molecule has 6 nitrogen and oxygen atoms in total. The monoisotopic (exact) mass is 337 g/mol. The minimum absolute atomic E-state index is 0.235. The number of nitrogens with zero attached hydrogens (tertiary/aromatic N) is 3. The SMILES string of the molecule is CCNC(=NCc1ncc(CC)s1)NCCC(=O)N1CCCC1. The lowest BCUT2D eigenvalue weighted by molar-refractivity contribution is -0.129. The van der Waals surface area contributed by atoms with Gasteiger partial charge in [-0.2, -0.15) is 0 Å². The molecule has 1 aromatic heterocycles. The standard InChI is InChI=1S/C16H27N5OS/c1-3-13-11-19-14(23-13)12-20-16(17-4-2)18-8-7-15(22)21-9-5-6-10-21/h11H,3-10,12H2,1-2H3,(H2,17,18,20). The number of aryl methyl sites for hydroxylation is 1. The molecule has 1 saturated heterocycles. The summed E-state index contributed by atoms with van der Waals surface area (Å²) in [7, 11) is 0. The van der Waals surface area contributed by atoms with E-state index < -0.39 is 0 Å². The van der Waals surface area contributed by atoms with Gasteiger partial charge >= 0.3 is 0 Å². The van der Waals surface area contributed by atoms with E-state index in [0.29, 0.717) is 19.5 Å².